The van der Waals surface area contributed by atoms with Gasteiger partial charge in [0.1, 0.15) is 11.6 Å². The zero-order valence-electron chi connectivity index (χ0n) is 15.5. The predicted molar refractivity (Wildman–Crippen MR) is 114 cm³/mol. The van der Waals surface area contributed by atoms with Crippen molar-refractivity contribution in [2.24, 2.45) is 0 Å². The molecule has 136 valence electrons. The lowest BCUT2D eigenvalue weighted by Crippen LogP contribution is -2.29. The molecule has 0 spiro atoms. The summed E-state index contributed by atoms with van der Waals surface area (Å²) in [5.74, 6) is 1.76. The molecule has 4 nitrogen and oxygen atoms in total. The van der Waals surface area contributed by atoms with Crippen molar-refractivity contribution >= 4 is 33.4 Å². The number of rotatable bonds is 7. The number of hydrogen-bond donors (Lipinski definition) is 2. The van der Waals surface area contributed by atoms with Crippen molar-refractivity contribution in [2.45, 2.75) is 32.4 Å². The van der Waals surface area contributed by atoms with Crippen LogP contribution in [0.5, 0.6) is 0 Å². The molecule has 0 fully saturated rings. The highest BCUT2D eigenvalue weighted by Crippen LogP contribution is 2.19. The van der Waals surface area contributed by atoms with Gasteiger partial charge in [-0.2, -0.15) is 0 Å². The minimum absolute atomic E-state index is 0.0762. The smallest absolute Gasteiger partial charge is 0.128 e. The average molecular weight is 356 g/mol. The van der Waals surface area contributed by atoms with E-state index in [2.05, 4.69) is 41.8 Å². The van der Waals surface area contributed by atoms with Crippen molar-refractivity contribution in [3.63, 3.8) is 0 Å². The second-order valence-electron chi connectivity index (χ2n) is 6.76. The van der Waals surface area contributed by atoms with Crippen molar-refractivity contribution < 1.29 is 0 Å². The van der Waals surface area contributed by atoms with Crippen LogP contribution in [0.3, 0.4) is 0 Å². The summed E-state index contributed by atoms with van der Waals surface area (Å²) < 4.78 is 0. The summed E-state index contributed by atoms with van der Waals surface area (Å²) >= 11 is 0. The Bertz CT molecular complexity index is 963. The Labute approximate surface area is 159 Å². The Morgan fingerprint density at radius 2 is 1.22 bits per heavy atom. The van der Waals surface area contributed by atoms with Gasteiger partial charge in [-0.25, -0.2) is 9.97 Å². The van der Waals surface area contributed by atoms with Crippen molar-refractivity contribution in [3.8, 4) is 0 Å². The molecule has 0 aliphatic rings. The van der Waals surface area contributed by atoms with E-state index >= 15 is 0 Å². The highest BCUT2D eigenvalue weighted by atomic mass is 15.2. The summed E-state index contributed by atoms with van der Waals surface area (Å²) in [7, 11) is 0. The van der Waals surface area contributed by atoms with E-state index in [4.69, 9.17) is 9.97 Å². The Morgan fingerprint density at radius 1 is 0.704 bits per heavy atom. The molecule has 0 saturated carbocycles. The van der Waals surface area contributed by atoms with Gasteiger partial charge in [0.05, 0.1) is 17.2 Å². The van der Waals surface area contributed by atoms with Gasteiger partial charge in [0.15, 0.2) is 0 Å². The molecular formula is C23H24N4. The normalized spacial score (nSPS) is 11.2. The van der Waals surface area contributed by atoms with Gasteiger partial charge in [0.25, 0.3) is 0 Å². The number of aromatic nitrogens is 2. The van der Waals surface area contributed by atoms with Gasteiger partial charge in [0.2, 0.25) is 0 Å². The number of unbranched alkanes of at least 4 members (excludes halogenated alkanes) is 1. The number of nitrogens with one attached hydrogen (secondary N) is 2. The lowest BCUT2D eigenvalue weighted by Gasteiger charge is -2.21. The molecule has 2 aromatic carbocycles. The van der Waals surface area contributed by atoms with E-state index < -0.39 is 0 Å². The topological polar surface area (TPSA) is 49.8 Å². The number of nitrogens with zero attached hydrogens (tertiary/aromatic N) is 2. The fourth-order valence-corrected chi connectivity index (χ4v) is 3.24. The number of hydrogen-bond acceptors (Lipinski definition) is 4. The molecule has 2 heterocycles. The zero-order chi connectivity index (χ0) is 18.5. The average Bonchev–Trinajstić information content (AvgIpc) is 2.72. The minimum atomic E-state index is 0.0762. The van der Waals surface area contributed by atoms with E-state index in [1.165, 1.54) is 0 Å². The molecule has 4 rings (SSSR count). The van der Waals surface area contributed by atoms with E-state index in [0.29, 0.717) is 0 Å². The van der Waals surface area contributed by atoms with E-state index in [1.807, 2.05) is 48.5 Å². The third-order valence-electron chi connectivity index (χ3n) is 4.69. The maximum atomic E-state index is 4.74. The van der Waals surface area contributed by atoms with Gasteiger partial charge in [-0.3, -0.25) is 0 Å². The molecule has 4 aromatic rings. The third kappa shape index (κ3) is 4.17. The van der Waals surface area contributed by atoms with Crippen LogP contribution < -0.4 is 10.6 Å². The Morgan fingerprint density at radius 3 is 1.74 bits per heavy atom. The fourth-order valence-electron chi connectivity index (χ4n) is 3.24. The molecule has 0 radical (unpaired) electrons. The van der Waals surface area contributed by atoms with Crippen molar-refractivity contribution in [2.75, 3.05) is 10.6 Å². The Balaban J connectivity index is 1.55. The summed E-state index contributed by atoms with van der Waals surface area (Å²) in [6, 6.07) is 24.6. The first-order chi connectivity index (χ1) is 13.3. The van der Waals surface area contributed by atoms with Crippen molar-refractivity contribution in [1.29, 1.82) is 0 Å². The number of pyridine rings is 2. The predicted octanol–water partition coefficient (Wildman–Crippen LogP) is 5.82. The van der Waals surface area contributed by atoms with Crippen LogP contribution in [-0.4, -0.2) is 16.1 Å². The van der Waals surface area contributed by atoms with Crippen LogP contribution >= 0.6 is 0 Å². The number of fused-ring (bicyclic) bond motifs is 2. The first-order valence-corrected chi connectivity index (χ1v) is 9.56. The molecule has 27 heavy (non-hydrogen) atoms. The molecule has 0 saturated heterocycles. The molecule has 0 atom stereocenters. The van der Waals surface area contributed by atoms with Crippen LogP contribution in [0.4, 0.5) is 11.6 Å². The molecule has 0 aliphatic carbocycles. The number of para-hydroxylation sites is 2. The molecule has 0 amide bonds. The first-order valence-electron chi connectivity index (χ1n) is 9.56. The van der Waals surface area contributed by atoms with Crippen molar-refractivity contribution in [1.82, 2.24) is 9.97 Å². The molecule has 2 aromatic heterocycles. The summed E-state index contributed by atoms with van der Waals surface area (Å²) in [6.45, 7) is 2.21. The molecule has 0 bridgehead atoms. The minimum Gasteiger partial charge on any atom is -0.350 e. The summed E-state index contributed by atoms with van der Waals surface area (Å²) in [4.78, 5) is 9.49. The SMILES string of the molecule is CCCCC(Nc1ccc2ccccc2n1)Nc1ccc2ccccc2n1. The Kier molecular flexibility index (Phi) is 5.15. The van der Waals surface area contributed by atoms with Crippen molar-refractivity contribution in [3.05, 3.63) is 72.8 Å². The van der Waals surface area contributed by atoms with Gasteiger partial charge >= 0.3 is 0 Å². The van der Waals surface area contributed by atoms with Gasteiger partial charge in [-0.05, 0) is 49.2 Å². The van der Waals surface area contributed by atoms with E-state index in [-0.39, 0.29) is 6.17 Å². The van der Waals surface area contributed by atoms with Crippen LogP contribution in [0.15, 0.2) is 72.8 Å². The standard InChI is InChI=1S/C23H24N4/c1-2-3-12-21(26-22-15-13-17-8-4-6-10-19(17)24-22)27-23-16-14-18-9-5-7-11-20(18)25-23/h4-11,13-16,21H,2-3,12H2,1H3,(H,24,26)(H,25,27). The maximum absolute atomic E-state index is 4.74. The number of anilines is 2. The zero-order valence-corrected chi connectivity index (χ0v) is 15.5. The summed E-state index contributed by atoms with van der Waals surface area (Å²) in [5, 5.41) is 9.38. The molecule has 0 unspecified atom stereocenters. The van der Waals surface area contributed by atoms with Gasteiger partial charge < -0.3 is 10.6 Å². The summed E-state index contributed by atoms with van der Waals surface area (Å²) in [5.41, 5.74) is 2.00. The lowest BCUT2D eigenvalue weighted by atomic mass is 10.2. The molecular weight excluding hydrogens is 332 g/mol. The maximum Gasteiger partial charge on any atom is 0.128 e. The van der Waals surface area contributed by atoms with Gasteiger partial charge in [-0.15, -0.1) is 0 Å². The highest BCUT2D eigenvalue weighted by molar-refractivity contribution is 5.81. The molecule has 2 N–H and O–H groups in total. The van der Waals surface area contributed by atoms with E-state index in [0.717, 1.165) is 52.7 Å². The molecule has 0 aliphatic heterocycles. The van der Waals surface area contributed by atoms with Crippen LogP contribution in [0.2, 0.25) is 0 Å². The fraction of sp³-hybridized carbons (Fsp3) is 0.217. The monoisotopic (exact) mass is 356 g/mol. The van der Waals surface area contributed by atoms with E-state index in [9.17, 15) is 0 Å². The second-order valence-corrected chi connectivity index (χ2v) is 6.76. The van der Waals surface area contributed by atoms with Crippen LogP contribution in [0.25, 0.3) is 21.8 Å². The van der Waals surface area contributed by atoms with Crippen LogP contribution in [-0.2, 0) is 0 Å². The third-order valence-corrected chi connectivity index (χ3v) is 4.69. The van der Waals surface area contributed by atoms with Crippen LogP contribution in [0, 0.1) is 0 Å². The lowest BCUT2D eigenvalue weighted by molar-refractivity contribution is 0.651. The highest BCUT2D eigenvalue weighted by Gasteiger charge is 2.10. The largest absolute Gasteiger partial charge is 0.350 e. The first kappa shape index (κ1) is 17.3. The molecule has 4 heteroatoms. The van der Waals surface area contributed by atoms with Crippen LogP contribution in [0.1, 0.15) is 26.2 Å². The van der Waals surface area contributed by atoms with E-state index in [1.54, 1.807) is 0 Å². The summed E-state index contributed by atoms with van der Waals surface area (Å²) in [6.07, 6.45) is 3.36. The van der Waals surface area contributed by atoms with Gasteiger partial charge in [0, 0.05) is 10.8 Å². The van der Waals surface area contributed by atoms with Gasteiger partial charge in [-0.1, -0.05) is 49.7 Å². The second kappa shape index (κ2) is 8.04. The quantitative estimate of drug-likeness (QED) is 0.409. The Hall–Kier alpha value is -3.14. The number of benzene rings is 2.